The molecule has 112 valence electrons. The van der Waals surface area contributed by atoms with Gasteiger partial charge in [0.15, 0.2) is 5.58 Å². The lowest BCUT2D eigenvalue weighted by Crippen LogP contribution is -2.28. The van der Waals surface area contributed by atoms with Gasteiger partial charge in [-0.1, -0.05) is 29.4 Å². The summed E-state index contributed by atoms with van der Waals surface area (Å²) < 4.78 is 5.26. The van der Waals surface area contributed by atoms with Crippen LogP contribution in [0, 0.1) is 13.8 Å². The van der Waals surface area contributed by atoms with Crippen molar-refractivity contribution in [2.75, 3.05) is 11.9 Å². The number of nitrogens with zero attached hydrogens (tertiary/aromatic N) is 2. The van der Waals surface area contributed by atoms with Crippen molar-refractivity contribution in [1.82, 2.24) is 5.16 Å². The van der Waals surface area contributed by atoms with E-state index in [2.05, 4.69) is 5.16 Å². The molecule has 0 radical (unpaired) electrons. The van der Waals surface area contributed by atoms with Gasteiger partial charge in [-0.2, -0.15) is 0 Å². The summed E-state index contributed by atoms with van der Waals surface area (Å²) in [4.78, 5) is 14.2. The molecule has 4 nitrogen and oxygen atoms in total. The fraction of sp³-hybridized carbons (Fsp3) is 0.222. The number of benzene rings is 2. The maximum Gasteiger partial charge on any atom is 0.232 e. The largest absolute Gasteiger partial charge is 0.356 e. The first-order chi connectivity index (χ1) is 10.6. The summed E-state index contributed by atoms with van der Waals surface area (Å²) in [5.41, 5.74) is 4.52. The van der Waals surface area contributed by atoms with Crippen LogP contribution >= 0.6 is 0 Å². The molecule has 1 amide bonds. The molecule has 1 aromatic heterocycles. The van der Waals surface area contributed by atoms with Gasteiger partial charge in [0.05, 0.1) is 6.42 Å². The van der Waals surface area contributed by atoms with E-state index in [9.17, 15) is 4.79 Å². The van der Waals surface area contributed by atoms with E-state index >= 15 is 0 Å². The van der Waals surface area contributed by atoms with Gasteiger partial charge in [0, 0.05) is 18.1 Å². The van der Waals surface area contributed by atoms with Crippen molar-refractivity contribution < 1.29 is 9.32 Å². The van der Waals surface area contributed by atoms with E-state index in [1.54, 1.807) is 11.9 Å². The zero-order valence-corrected chi connectivity index (χ0v) is 13.0. The van der Waals surface area contributed by atoms with E-state index in [1.165, 1.54) is 0 Å². The Balaban J connectivity index is 1.86. The van der Waals surface area contributed by atoms with E-state index in [0.717, 1.165) is 22.2 Å². The van der Waals surface area contributed by atoms with Crippen LogP contribution < -0.4 is 4.90 Å². The lowest BCUT2D eigenvalue weighted by Gasteiger charge is -2.19. The summed E-state index contributed by atoms with van der Waals surface area (Å²) in [6.45, 7) is 4.02. The van der Waals surface area contributed by atoms with Crippen LogP contribution in [0.1, 0.15) is 16.8 Å². The maximum atomic E-state index is 12.6. The highest BCUT2D eigenvalue weighted by molar-refractivity contribution is 5.96. The molecule has 0 atom stereocenters. The van der Waals surface area contributed by atoms with Crippen molar-refractivity contribution in [3.05, 3.63) is 59.3 Å². The van der Waals surface area contributed by atoms with Gasteiger partial charge < -0.3 is 9.42 Å². The molecule has 0 fully saturated rings. The highest BCUT2D eigenvalue weighted by atomic mass is 16.5. The predicted octanol–water partition coefficient (Wildman–Crippen LogP) is 3.65. The molecule has 3 rings (SSSR count). The third-order valence-electron chi connectivity index (χ3n) is 3.87. The summed E-state index contributed by atoms with van der Waals surface area (Å²) >= 11 is 0. The van der Waals surface area contributed by atoms with Crippen molar-refractivity contribution in [3.63, 3.8) is 0 Å². The molecule has 22 heavy (non-hydrogen) atoms. The normalized spacial score (nSPS) is 10.9. The Bertz CT molecular complexity index is 836. The summed E-state index contributed by atoms with van der Waals surface area (Å²) in [5, 5.41) is 4.92. The lowest BCUT2D eigenvalue weighted by atomic mass is 10.1. The molecule has 4 heteroatoms. The number of carbonyl (C=O) groups is 1. The Kier molecular flexibility index (Phi) is 3.67. The fourth-order valence-corrected chi connectivity index (χ4v) is 2.54. The van der Waals surface area contributed by atoms with Crippen molar-refractivity contribution >= 4 is 22.6 Å². The van der Waals surface area contributed by atoms with Crippen molar-refractivity contribution in [2.24, 2.45) is 0 Å². The first kappa shape index (κ1) is 14.3. The van der Waals surface area contributed by atoms with E-state index in [-0.39, 0.29) is 12.3 Å². The van der Waals surface area contributed by atoms with E-state index in [1.807, 2.05) is 56.3 Å². The fourth-order valence-electron chi connectivity index (χ4n) is 2.54. The third kappa shape index (κ3) is 2.60. The molecule has 3 aromatic rings. The number of anilines is 1. The van der Waals surface area contributed by atoms with Gasteiger partial charge in [0.25, 0.3) is 0 Å². The highest BCUT2D eigenvalue weighted by Gasteiger charge is 2.17. The molecule has 0 bridgehead atoms. The van der Waals surface area contributed by atoms with Crippen molar-refractivity contribution in [1.29, 1.82) is 0 Å². The number of likely N-dealkylation sites (N-methyl/N-ethyl adjacent to an activating group) is 1. The molecule has 0 unspecified atom stereocenters. The summed E-state index contributed by atoms with van der Waals surface area (Å²) in [5.74, 6) is -0.00671. The average molecular weight is 294 g/mol. The Morgan fingerprint density at radius 2 is 1.95 bits per heavy atom. The van der Waals surface area contributed by atoms with E-state index in [4.69, 9.17) is 4.52 Å². The first-order valence-electron chi connectivity index (χ1n) is 7.23. The van der Waals surface area contributed by atoms with Crippen LogP contribution in [0.3, 0.4) is 0 Å². The summed E-state index contributed by atoms with van der Waals surface area (Å²) in [6, 6.07) is 13.7. The number of rotatable bonds is 3. The minimum Gasteiger partial charge on any atom is -0.356 e. The lowest BCUT2D eigenvalue weighted by molar-refractivity contribution is -0.117. The average Bonchev–Trinajstić information content (AvgIpc) is 2.92. The topological polar surface area (TPSA) is 46.3 Å². The van der Waals surface area contributed by atoms with Crippen LogP contribution in [0.15, 0.2) is 47.0 Å². The zero-order chi connectivity index (χ0) is 15.7. The number of aromatic nitrogens is 1. The van der Waals surface area contributed by atoms with E-state index < -0.39 is 0 Å². The van der Waals surface area contributed by atoms with E-state index in [0.29, 0.717) is 11.3 Å². The zero-order valence-electron chi connectivity index (χ0n) is 13.0. The molecule has 0 spiro atoms. The molecular weight excluding hydrogens is 276 g/mol. The van der Waals surface area contributed by atoms with Gasteiger partial charge in [-0.3, -0.25) is 4.79 Å². The van der Waals surface area contributed by atoms with Gasteiger partial charge in [-0.15, -0.1) is 0 Å². The molecule has 0 aliphatic heterocycles. The molecule has 2 aromatic carbocycles. The summed E-state index contributed by atoms with van der Waals surface area (Å²) in [6.07, 6.45) is 0.223. The Labute approximate surface area is 129 Å². The van der Waals surface area contributed by atoms with Gasteiger partial charge in [0.1, 0.15) is 5.69 Å². The molecule has 0 aliphatic carbocycles. The number of amides is 1. The van der Waals surface area contributed by atoms with Gasteiger partial charge in [-0.05, 0) is 43.2 Å². The van der Waals surface area contributed by atoms with Crippen LogP contribution in [0.5, 0.6) is 0 Å². The van der Waals surface area contributed by atoms with Gasteiger partial charge in [-0.25, -0.2) is 0 Å². The molecule has 1 heterocycles. The quantitative estimate of drug-likeness (QED) is 0.740. The minimum atomic E-state index is -0.00671. The highest BCUT2D eigenvalue weighted by Crippen LogP contribution is 2.23. The number of para-hydroxylation sites is 1. The minimum absolute atomic E-state index is 0.00671. The SMILES string of the molecule is Cc1ccc(C)c(N(C)C(=O)Cc2noc3ccccc23)c1. The molecular formula is C18H18N2O2. The Hall–Kier alpha value is -2.62. The Morgan fingerprint density at radius 1 is 1.18 bits per heavy atom. The number of fused-ring (bicyclic) bond motifs is 1. The number of hydrogen-bond acceptors (Lipinski definition) is 3. The molecule has 0 saturated heterocycles. The third-order valence-corrected chi connectivity index (χ3v) is 3.87. The van der Waals surface area contributed by atoms with Crippen LogP contribution in [0.4, 0.5) is 5.69 Å². The molecule has 0 aliphatic rings. The second-order valence-corrected chi connectivity index (χ2v) is 5.54. The maximum absolute atomic E-state index is 12.6. The molecule has 0 saturated carbocycles. The van der Waals surface area contributed by atoms with Crippen LogP contribution in [0.25, 0.3) is 11.0 Å². The van der Waals surface area contributed by atoms with Gasteiger partial charge >= 0.3 is 0 Å². The number of hydrogen-bond donors (Lipinski definition) is 0. The smallest absolute Gasteiger partial charge is 0.232 e. The standard InChI is InChI=1S/C18H18N2O2/c1-12-8-9-13(2)16(10-12)20(3)18(21)11-15-14-6-4-5-7-17(14)22-19-15/h4-10H,11H2,1-3H3. The molecule has 0 N–H and O–H groups in total. The Morgan fingerprint density at radius 3 is 2.77 bits per heavy atom. The first-order valence-corrected chi connectivity index (χ1v) is 7.23. The second kappa shape index (κ2) is 5.64. The van der Waals surface area contributed by atoms with Crippen LogP contribution in [-0.4, -0.2) is 18.1 Å². The van der Waals surface area contributed by atoms with Crippen LogP contribution in [0.2, 0.25) is 0 Å². The van der Waals surface area contributed by atoms with Gasteiger partial charge in [0.2, 0.25) is 5.91 Å². The van der Waals surface area contributed by atoms with Crippen molar-refractivity contribution in [2.45, 2.75) is 20.3 Å². The monoisotopic (exact) mass is 294 g/mol. The predicted molar refractivity (Wildman–Crippen MR) is 87.0 cm³/mol. The number of aryl methyl sites for hydroxylation is 2. The van der Waals surface area contributed by atoms with Crippen molar-refractivity contribution in [3.8, 4) is 0 Å². The van der Waals surface area contributed by atoms with Crippen LogP contribution in [-0.2, 0) is 11.2 Å². The summed E-state index contributed by atoms with van der Waals surface area (Å²) in [7, 11) is 1.80. The number of carbonyl (C=O) groups excluding carboxylic acids is 1. The second-order valence-electron chi connectivity index (χ2n) is 5.54.